The number of aromatic nitrogens is 1. The molecule has 3 heterocycles. The van der Waals surface area contributed by atoms with Crippen LogP contribution in [0.2, 0.25) is 10.0 Å². The molecule has 0 bridgehead atoms. The summed E-state index contributed by atoms with van der Waals surface area (Å²) in [5.74, 6) is 0.586. The van der Waals surface area contributed by atoms with Crippen LogP contribution in [0.4, 0.5) is 11.5 Å². The first kappa shape index (κ1) is 19.0. The molecule has 2 saturated heterocycles. The van der Waals surface area contributed by atoms with Gasteiger partial charge in [0.2, 0.25) is 11.8 Å². The van der Waals surface area contributed by atoms with Gasteiger partial charge in [-0.2, -0.15) is 0 Å². The quantitative estimate of drug-likeness (QED) is 0.768. The molecular weight excluding hydrogens is 399 g/mol. The zero-order valence-electron chi connectivity index (χ0n) is 15.2. The second kappa shape index (κ2) is 7.97. The number of rotatable bonds is 3. The molecule has 2 aromatic rings. The first-order valence-electron chi connectivity index (χ1n) is 9.22. The van der Waals surface area contributed by atoms with Crippen molar-refractivity contribution in [3.05, 3.63) is 52.6 Å². The van der Waals surface area contributed by atoms with Crippen LogP contribution in [0.1, 0.15) is 6.42 Å². The average molecular weight is 419 g/mol. The highest BCUT2D eigenvalue weighted by Crippen LogP contribution is 2.28. The molecule has 0 spiro atoms. The predicted octanol–water partition coefficient (Wildman–Crippen LogP) is 3.09. The lowest BCUT2D eigenvalue weighted by Crippen LogP contribution is -2.51. The summed E-state index contributed by atoms with van der Waals surface area (Å²) in [6, 6.07) is 10.8. The monoisotopic (exact) mass is 418 g/mol. The number of anilines is 2. The second-order valence-electron chi connectivity index (χ2n) is 7.03. The molecule has 0 N–H and O–H groups in total. The smallest absolute Gasteiger partial charge is 0.228 e. The number of amides is 2. The molecule has 8 heteroatoms. The fourth-order valence-electron chi connectivity index (χ4n) is 3.71. The maximum atomic E-state index is 12.9. The standard InChI is InChI=1S/C20H20Cl2N4O2/c21-15-1-4-17(5-2-15)26-13-14(11-19(26)27)20(28)25-9-7-24(8-10-25)18-6-3-16(22)12-23-18/h1-6,12,14H,7-11,13H2. The molecule has 1 aromatic heterocycles. The summed E-state index contributed by atoms with van der Waals surface area (Å²) in [5.41, 5.74) is 0.781. The highest BCUT2D eigenvalue weighted by atomic mass is 35.5. The Morgan fingerprint density at radius 2 is 1.64 bits per heavy atom. The van der Waals surface area contributed by atoms with Gasteiger partial charge in [-0.05, 0) is 36.4 Å². The summed E-state index contributed by atoms with van der Waals surface area (Å²) >= 11 is 11.8. The molecule has 0 radical (unpaired) electrons. The minimum absolute atomic E-state index is 0.0235. The van der Waals surface area contributed by atoms with E-state index < -0.39 is 0 Å². The lowest BCUT2D eigenvalue weighted by atomic mass is 10.1. The molecule has 2 fully saturated rings. The summed E-state index contributed by atoms with van der Waals surface area (Å²) in [7, 11) is 0. The third-order valence-corrected chi connectivity index (χ3v) is 5.72. The summed E-state index contributed by atoms with van der Waals surface area (Å²) in [4.78, 5) is 35.4. The number of halogens is 2. The van der Waals surface area contributed by atoms with E-state index in [0.717, 1.165) is 11.5 Å². The van der Waals surface area contributed by atoms with Crippen LogP contribution in [0.5, 0.6) is 0 Å². The lowest BCUT2D eigenvalue weighted by molar-refractivity contribution is -0.136. The van der Waals surface area contributed by atoms with Gasteiger partial charge in [-0.25, -0.2) is 4.98 Å². The third-order valence-electron chi connectivity index (χ3n) is 5.24. The zero-order chi connectivity index (χ0) is 19.7. The number of hydrogen-bond acceptors (Lipinski definition) is 4. The van der Waals surface area contributed by atoms with E-state index in [1.165, 1.54) is 0 Å². The molecule has 6 nitrogen and oxygen atoms in total. The van der Waals surface area contributed by atoms with E-state index >= 15 is 0 Å². The van der Waals surface area contributed by atoms with Gasteiger partial charge in [0.05, 0.1) is 10.9 Å². The molecule has 4 rings (SSSR count). The van der Waals surface area contributed by atoms with E-state index in [-0.39, 0.29) is 24.2 Å². The van der Waals surface area contributed by atoms with Crippen molar-refractivity contribution in [1.82, 2.24) is 9.88 Å². The van der Waals surface area contributed by atoms with Gasteiger partial charge >= 0.3 is 0 Å². The first-order valence-corrected chi connectivity index (χ1v) is 9.98. The van der Waals surface area contributed by atoms with Crippen LogP contribution in [0.3, 0.4) is 0 Å². The largest absolute Gasteiger partial charge is 0.353 e. The lowest BCUT2D eigenvalue weighted by Gasteiger charge is -2.36. The van der Waals surface area contributed by atoms with E-state index in [0.29, 0.717) is 42.8 Å². The Morgan fingerprint density at radius 3 is 2.29 bits per heavy atom. The molecule has 1 aromatic carbocycles. The van der Waals surface area contributed by atoms with E-state index in [4.69, 9.17) is 23.2 Å². The Labute approximate surface area is 173 Å². The molecule has 0 saturated carbocycles. The highest BCUT2D eigenvalue weighted by Gasteiger charge is 2.38. The first-order chi connectivity index (χ1) is 13.5. The highest BCUT2D eigenvalue weighted by molar-refractivity contribution is 6.30. The fourth-order valence-corrected chi connectivity index (χ4v) is 3.95. The number of benzene rings is 1. The predicted molar refractivity (Wildman–Crippen MR) is 110 cm³/mol. The Morgan fingerprint density at radius 1 is 0.964 bits per heavy atom. The molecular formula is C20H20Cl2N4O2. The number of carbonyl (C=O) groups is 2. The van der Waals surface area contributed by atoms with Crippen molar-refractivity contribution < 1.29 is 9.59 Å². The molecule has 1 atom stereocenters. The SMILES string of the molecule is O=C(C1CC(=O)N(c2ccc(Cl)cc2)C1)N1CCN(c2ccc(Cl)cn2)CC1. The van der Waals surface area contributed by atoms with Gasteiger partial charge < -0.3 is 14.7 Å². The van der Waals surface area contributed by atoms with Gasteiger partial charge in [0, 0.05) is 56.1 Å². The number of piperazine rings is 1. The van der Waals surface area contributed by atoms with Crippen molar-refractivity contribution in [3.8, 4) is 0 Å². The van der Waals surface area contributed by atoms with Gasteiger partial charge in [0.25, 0.3) is 0 Å². The van der Waals surface area contributed by atoms with Crippen molar-refractivity contribution in [1.29, 1.82) is 0 Å². The maximum absolute atomic E-state index is 12.9. The van der Waals surface area contributed by atoms with E-state index in [1.807, 2.05) is 29.2 Å². The minimum Gasteiger partial charge on any atom is -0.353 e. The third kappa shape index (κ3) is 3.93. The number of carbonyl (C=O) groups excluding carboxylic acids is 2. The zero-order valence-corrected chi connectivity index (χ0v) is 16.7. The molecule has 1 unspecified atom stereocenters. The number of hydrogen-bond donors (Lipinski definition) is 0. The average Bonchev–Trinajstić information content (AvgIpc) is 3.10. The maximum Gasteiger partial charge on any atom is 0.228 e. The van der Waals surface area contributed by atoms with Gasteiger partial charge in [0.1, 0.15) is 5.82 Å². The van der Waals surface area contributed by atoms with Crippen LogP contribution >= 0.6 is 23.2 Å². The topological polar surface area (TPSA) is 56.8 Å². The molecule has 28 heavy (non-hydrogen) atoms. The van der Waals surface area contributed by atoms with E-state index in [9.17, 15) is 9.59 Å². The van der Waals surface area contributed by atoms with Crippen LogP contribution in [0.15, 0.2) is 42.6 Å². The summed E-state index contributed by atoms with van der Waals surface area (Å²) in [6.45, 7) is 3.08. The Balaban J connectivity index is 1.36. The van der Waals surface area contributed by atoms with Crippen LogP contribution in [0.25, 0.3) is 0 Å². The minimum atomic E-state index is -0.302. The normalized spacial score (nSPS) is 20.0. The molecule has 2 aliphatic rings. The Kier molecular flexibility index (Phi) is 5.42. The van der Waals surface area contributed by atoms with Gasteiger partial charge in [0.15, 0.2) is 0 Å². The van der Waals surface area contributed by atoms with Crippen LogP contribution in [0, 0.1) is 5.92 Å². The van der Waals surface area contributed by atoms with E-state index in [2.05, 4.69) is 9.88 Å². The summed E-state index contributed by atoms with van der Waals surface area (Å²) < 4.78 is 0. The molecule has 2 aliphatic heterocycles. The van der Waals surface area contributed by atoms with Crippen molar-refractivity contribution >= 4 is 46.5 Å². The Hall–Kier alpha value is -2.31. The number of pyridine rings is 1. The summed E-state index contributed by atoms with van der Waals surface area (Å²) in [6.07, 6.45) is 1.88. The second-order valence-corrected chi connectivity index (χ2v) is 7.90. The number of nitrogens with zero attached hydrogens (tertiary/aromatic N) is 4. The van der Waals surface area contributed by atoms with Crippen LogP contribution in [-0.4, -0.2) is 54.4 Å². The molecule has 2 amide bonds. The Bertz CT molecular complexity index is 865. The van der Waals surface area contributed by atoms with Crippen molar-refractivity contribution in [2.24, 2.45) is 5.92 Å². The van der Waals surface area contributed by atoms with Gasteiger partial charge in [-0.15, -0.1) is 0 Å². The van der Waals surface area contributed by atoms with Crippen LogP contribution in [-0.2, 0) is 9.59 Å². The van der Waals surface area contributed by atoms with Crippen molar-refractivity contribution in [2.45, 2.75) is 6.42 Å². The van der Waals surface area contributed by atoms with Crippen molar-refractivity contribution in [3.63, 3.8) is 0 Å². The summed E-state index contributed by atoms with van der Waals surface area (Å²) in [5, 5.41) is 1.23. The van der Waals surface area contributed by atoms with Crippen LogP contribution < -0.4 is 9.80 Å². The van der Waals surface area contributed by atoms with Crippen molar-refractivity contribution in [2.75, 3.05) is 42.5 Å². The fraction of sp³-hybridized carbons (Fsp3) is 0.350. The van der Waals surface area contributed by atoms with E-state index in [1.54, 1.807) is 23.2 Å². The van der Waals surface area contributed by atoms with Gasteiger partial charge in [-0.1, -0.05) is 23.2 Å². The molecule has 0 aliphatic carbocycles. The van der Waals surface area contributed by atoms with Gasteiger partial charge in [-0.3, -0.25) is 9.59 Å². The molecule has 146 valence electrons.